The second kappa shape index (κ2) is 7.01. The SMILES string of the molecule is Cl.NCC1CN(Cc2csc([N+](=O)[O-])c2)CCO1. The first-order valence-electron chi connectivity index (χ1n) is 5.45. The summed E-state index contributed by atoms with van der Waals surface area (Å²) in [5.41, 5.74) is 6.55. The molecule has 0 amide bonds. The molecule has 2 rings (SSSR count). The summed E-state index contributed by atoms with van der Waals surface area (Å²) in [6.45, 7) is 3.55. The van der Waals surface area contributed by atoms with Gasteiger partial charge in [0.05, 0.1) is 17.6 Å². The lowest BCUT2D eigenvalue weighted by molar-refractivity contribution is -0.380. The Morgan fingerprint density at radius 3 is 3.06 bits per heavy atom. The Kier molecular flexibility index (Phi) is 5.97. The lowest BCUT2D eigenvalue weighted by Crippen LogP contribution is -2.45. The quantitative estimate of drug-likeness (QED) is 0.667. The molecule has 6 nitrogen and oxygen atoms in total. The molecule has 102 valence electrons. The predicted octanol–water partition coefficient (Wildman–Crippen LogP) is 1.24. The van der Waals surface area contributed by atoms with Gasteiger partial charge in [-0.2, -0.15) is 0 Å². The largest absolute Gasteiger partial charge is 0.374 e. The molecule has 1 aliphatic rings. The molecule has 1 fully saturated rings. The third-order valence-corrected chi connectivity index (χ3v) is 3.64. The molecule has 0 aromatic carbocycles. The Morgan fingerprint density at radius 1 is 1.67 bits per heavy atom. The van der Waals surface area contributed by atoms with Crippen LogP contribution in [0.15, 0.2) is 11.4 Å². The molecule has 18 heavy (non-hydrogen) atoms. The van der Waals surface area contributed by atoms with E-state index in [1.807, 2.05) is 5.38 Å². The van der Waals surface area contributed by atoms with Crippen molar-refractivity contribution in [2.24, 2.45) is 5.73 Å². The van der Waals surface area contributed by atoms with E-state index in [4.69, 9.17) is 10.5 Å². The van der Waals surface area contributed by atoms with Crippen LogP contribution in [0.25, 0.3) is 0 Å². The Hall–Kier alpha value is -0.730. The third kappa shape index (κ3) is 3.89. The molecule has 0 radical (unpaired) electrons. The molecule has 0 spiro atoms. The zero-order chi connectivity index (χ0) is 12.3. The van der Waals surface area contributed by atoms with Gasteiger partial charge in [0.2, 0.25) is 0 Å². The Balaban J connectivity index is 0.00000162. The molecule has 1 aromatic heterocycles. The van der Waals surface area contributed by atoms with Crippen molar-refractivity contribution < 1.29 is 9.66 Å². The van der Waals surface area contributed by atoms with Gasteiger partial charge in [0.1, 0.15) is 0 Å². The van der Waals surface area contributed by atoms with Crippen LogP contribution in [0, 0.1) is 10.1 Å². The molecule has 1 atom stereocenters. The smallest absolute Gasteiger partial charge is 0.324 e. The Morgan fingerprint density at radius 2 is 2.44 bits per heavy atom. The standard InChI is InChI=1S/C10H15N3O3S.ClH/c11-4-9-6-12(1-2-16-9)5-8-3-10(13(14)15)17-7-8;/h3,7,9H,1-2,4-6,11H2;1H. The van der Waals surface area contributed by atoms with Gasteiger partial charge in [-0.25, -0.2) is 0 Å². The van der Waals surface area contributed by atoms with E-state index in [2.05, 4.69) is 4.90 Å². The van der Waals surface area contributed by atoms with Crippen LogP contribution in [0.1, 0.15) is 5.56 Å². The fraction of sp³-hybridized carbons (Fsp3) is 0.600. The van der Waals surface area contributed by atoms with Crippen LogP contribution in [0.3, 0.4) is 0 Å². The van der Waals surface area contributed by atoms with Gasteiger partial charge in [-0.05, 0) is 5.56 Å². The number of thiophene rings is 1. The van der Waals surface area contributed by atoms with Crippen molar-refractivity contribution >= 4 is 28.7 Å². The number of hydrogen-bond acceptors (Lipinski definition) is 6. The van der Waals surface area contributed by atoms with Crippen molar-refractivity contribution in [3.05, 3.63) is 27.1 Å². The van der Waals surface area contributed by atoms with Crippen LogP contribution in [-0.2, 0) is 11.3 Å². The maximum atomic E-state index is 10.6. The summed E-state index contributed by atoms with van der Waals surface area (Å²) in [7, 11) is 0. The van der Waals surface area contributed by atoms with Crippen molar-refractivity contribution in [2.45, 2.75) is 12.6 Å². The van der Waals surface area contributed by atoms with Gasteiger partial charge in [-0.15, -0.1) is 12.4 Å². The summed E-state index contributed by atoms with van der Waals surface area (Å²) in [4.78, 5) is 12.4. The fourth-order valence-corrected chi connectivity index (χ4v) is 2.59. The number of nitro groups is 1. The van der Waals surface area contributed by atoms with E-state index >= 15 is 0 Å². The van der Waals surface area contributed by atoms with E-state index in [0.29, 0.717) is 13.2 Å². The van der Waals surface area contributed by atoms with Gasteiger partial charge >= 0.3 is 5.00 Å². The Labute approximate surface area is 115 Å². The molecule has 1 aromatic rings. The molecule has 8 heteroatoms. The molecule has 1 aliphatic heterocycles. The molecular weight excluding hydrogens is 278 g/mol. The number of rotatable bonds is 4. The third-order valence-electron chi connectivity index (χ3n) is 2.71. The average molecular weight is 294 g/mol. The highest BCUT2D eigenvalue weighted by molar-refractivity contribution is 7.13. The zero-order valence-electron chi connectivity index (χ0n) is 9.78. The molecule has 1 saturated heterocycles. The molecule has 0 bridgehead atoms. The van der Waals surface area contributed by atoms with Crippen molar-refractivity contribution in [1.29, 1.82) is 0 Å². The highest BCUT2D eigenvalue weighted by Crippen LogP contribution is 2.23. The van der Waals surface area contributed by atoms with E-state index < -0.39 is 0 Å². The molecule has 0 aliphatic carbocycles. The summed E-state index contributed by atoms with van der Waals surface area (Å²) in [5.74, 6) is 0. The maximum Gasteiger partial charge on any atom is 0.324 e. The van der Waals surface area contributed by atoms with E-state index in [9.17, 15) is 10.1 Å². The molecule has 2 heterocycles. The summed E-state index contributed by atoms with van der Waals surface area (Å²) in [6, 6.07) is 1.64. The molecule has 0 saturated carbocycles. The van der Waals surface area contributed by atoms with Gasteiger partial charge in [-0.1, -0.05) is 11.3 Å². The van der Waals surface area contributed by atoms with Crippen LogP contribution in [-0.4, -0.2) is 42.2 Å². The number of ether oxygens (including phenoxy) is 1. The minimum atomic E-state index is -0.351. The lowest BCUT2D eigenvalue weighted by Gasteiger charge is -2.31. The minimum Gasteiger partial charge on any atom is -0.374 e. The summed E-state index contributed by atoms with van der Waals surface area (Å²) in [6.07, 6.45) is 0.0809. The van der Waals surface area contributed by atoms with Crippen molar-refractivity contribution in [2.75, 3.05) is 26.2 Å². The van der Waals surface area contributed by atoms with E-state index in [-0.39, 0.29) is 28.4 Å². The van der Waals surface area contributed by atoms with Crippen LogP contribution < -0.4 is 5.73 Å². The fourth-order valence-electron chi connectivity index (χ4n) is 1.87. The summed E-state index contributed by atoms with van der Waals surface area (Å²) < 4.78 is 5.47. The van der Waals surface area contributed by atoms with E-state index in [0.717, 1.165) is 25.2 Å². The number of morpholine rings is 1. The average Bonchev–Trinajstić information content (AvgIpc) is 2.78. The van der Waals surface area contributed by atoms with E-state index in [1.165, 1.54) is 11.3 Å². The summed E-state index contributed by atoms with van der Waals surface area (Å²) in [5, 5.41) is 12.6. The first-order valence-corrected chi connectivity index (χ1v) is 6.33. The normalized spacial score (nSPS) is 20.4. The monoisotopic (exact) mass is 293 g/mol. The summed E-state index contributed by atoms with van der Waals surface area (Å²) >= 11 is 1.17. The van der Waals surface area contributed by atoms with E-state index in [1.54, 1.807) is 6.07 Å². The van der Waals surface area contributed by atoms with Crippen molar-refractivity contribution in [1.82, 2.24) is 4.90 Å². The van der Waals surface area contributed by atoms with Gasteiger partial charge in [0.25, 0.3) is 0 Å². The highest BCUT2D eigenvalue weighted by atomic mass is 35.5. The lowest BCUT2D eigenvalue weighted by atomic mass is 10.2. The maximum absolute atomic E-state index is 10.6. The molecular formula is C10H16ClN3O3S. The number of nitrogens with two attached hydrogens (primary N) is 1. The molecule has 2 N–H and O–H groups in total. The minimum absolute atomic E-state index is 0. The van der Waals surface area contributed by atoms with Gasteiger partial charge in [0.15, 0.2) is 0 Å². The number of halogens is 1. The van der Waals surface area contributed by atoms with Gasteiger partial charge < -0.3 is 10.5 Å². The number of hydrogen-bond donors (Lipinski definition) is 1. The van der Waals surface area contributed by atoms with Crippen LogP contribution in [0.2, 0.25) is 0 Å². The van der Waals surface area contributed by atoms with Crippen molar-refractivity contribution in [3.8, 4) is 0 Å². The van der Waals surface area contributed by atoms with Gasteiger partial charge in [-0.3, -0.25) is 15.0 Å². The first kappa shape index (κ1) is 15.3. The Bertz CT molecular complexity index is 401. The topological polar surface area (TPSA) is 81.6 Å². The number of nitrogens with zero attached hydrogens (tertiary/aromatic N) is 2. The second-order valence-corrected chi connectivity index (χ2v) is 4.90. The highest BCUT2D eigenvalue weighted by Gasteiger charge is 2.20. The van der Waals surface area contributed by atoms with Crippen LogP contribution in [0.5, 0.6) is 0 Å². The van der Waals surface area contributed by atoms with Crippen LogP contribution in [0.4, 0.5) is 5.00 Å². The predicted molar refractivity (Wildman–Crippen MR) is 72.3 cm³/mol. The van der Waals surface area contributed by atoms with Crippen molar-refractivity contribution in [3.63, 3.8) is 0 Å². The second-order valence-electron chi connectivity index (χ2n) is 4.01. The zero-order valence-corrected chi connectivity index (χ0v) is 11.4. The van der Waals surface area contributed by atoms with Gasteiger partial charge in [0, 0.05) is 37.6 Å². The molecule has 1 unspecified atom stereocenters. The first-order chi connectivity index (χ1) is 8.19. The van der Waals surface area contributed by atoms with Crippen LogP contribution >= 0.6 is 23.7 Å².